The lowest BCUT2D eigenvalue weighted by Crippen LogP contribution is -1.95. The van der Waals surface area contributed by atoms with Crippen molar-refractivity contribution in [3.63, 3.8) is 0 Å². The zero-order valence-corrected chi connectivity index (χ0v) is 31.2. The highest BCUT2D eigenvalue weighted by atomic mass is 16.3. The van der Waals surface area contributed by atoms with Gasteiger partial charge in [-0.15, -0.1) is 0 Å². The van der Waals surface area contributed by atoms with E-state index in [9.17, 15) is 0 Å². The Morgan fingerprint density at radius 1 is 0.211 bits per heavy atom. The summed E-state index contributed by atoms with van der Waals surface area (Å²) >= 11 is 0. The SMILES string of the molecule is c1ccc(-c2ccc(-c3cccc(-c4ccc(-c5ccccc5)cc4)c3-c3c4ccccc4c(-c4ccc5oc6ccccc6c5c4)c4ccccc34)cc2)cc1. The summed E-state index contributed by atoms with van der Waals surface area (Å²) in [7, 11) is 0. The predicted molar refractivity (Wildman–Crippen MR) is 241 cm³/mol. The first-order valence-corrected chi connectivity index (χ1v) is 19.6. The molecule has 0 spiro atoms. The van der Waals surface area contributed by atoms with Crippen LogP contribution >= 0.6 is 0 Å². The van der Waals surface area contributed by atoms with Gasteiger partial charge in [0.15, 0.2) is 0 Å². The molecule has 0 fully saturated rings. The van der Waals surface area contributed by atoms with Crippen LogP contribution in [0.1, 0.15) is 0 Å². The van der Waals surface area contributed by atoms with E-state index in [4.69, 9.17) is 4.42 Å². The van der Waals surface area contributed by atoms with Crippen molar-refractivity contribution >= 4 is 43.5 Å². The molecular weight excluding hydrogens is 689 g/mol. The normalized spacial score (nSPS) is 11.5. The number of para-hydroxylation sites is 1. The molecule has 0 N–H and O–H groups in total. The third-order valence-electron chi connectivity index (χ3n) is 11.5. The Balaban J connectivity index is 1.19. The molecule has 0 unspecified atom stereocenters. The van der Waals surface area contributed by atoms with Crippen molar-refractivity contribution in [3.05, 3.63) is 218 Å². The van der Waals surface area contributed by atoms with Gasteiger partial charge in [0.25, 0.3) is 0 Å². The number of furan rings is 1. The van der Waals surface area contributed by atoms with E-state index in [0.717, 1.165) is 21.9 Å². The van der Waals surface area contributed by atoms with Crippen molar-refractivity contribution in [2.45, 2.75) is 0 Å². The van der Waals surface area contributed by atoms with Crippen LogP contribution < -0.4 is 0 Å². The second-order valence-corrected chi connectivity index (χ2v) is 14.8. The molecule has 266 valence electrons. The van der Waals surface area contributed by atoms with E-state index in [2.05, 4.69) is 206 Å². The van der Waals surface area contributed by atoms with Crippen molar-refractivity contribution < 1.29 is 4.42 Å². The van der Waals surface area contributed by atoms with Gasteiger partial charge >= 0.3 is 0 Å². The highest BCUT2D eigenvalue weighted by molar-refractivity contribution is 6.24. The molecule has 1 heterocycles. The third-order valence-corrected chi connectivity index (χ3v) is 11.5. The maximum atomic E-state index is 6.27. The largest absolute Gasteiger partial charge is 0.456 e. The molecule has 0 aliphatic carbocycles. The van der Waals surface area contributed by atoms with Gasteiger partial charge in [0.05, 0.1) is 0 Å². The lowest BCUT2D eigenvalue weighted by Gasteiger charge is -2.22. The van der Waals surface area contributed by atoms with Gasteiger partial charge in [-0.3, -0.25) is 0 Å². The smallest absolute Gasteiger partial charge is 0.135 e. The molecular formula is C56H36O. The highest BCUT2D eigenvalue weighted by Gasteiger charge is 2.22. The van der Waals surface area contributed by atoms with Gasteiger partial charge in [0.1, 0.15) is 11.2 Å². The monoisotopic (exact) mass is 724 g/mol. The Hall–Kier alpha value is -7.48. The van der Waals surface area contributed by atoms with Crippen molar-refractivity contribution in [1.82, 2.24) is 0 Å². The van der Waals surface area contributed by atoms with E-state index in [1.807, 2.05) is 12.1 Å². The Labute approximate surface area is 331 Å². The van der Waals surface area contributed by atoms with E-state index in [1.54, 1.807) is 0 Å². The summed E-state index contributed by atoms with van der Waals surface area (Å²) in [5.74, 6) is 0. The molecule has 0 aliphatic heterocycles. The maximum absolute atomic E-state index is 6.27. The van der Waals surface area contributed by atoms with E-state index in [-0.39, 0.29) is 0 Å². The zero-order valence-electron chi connectivity index (χ0n) is 31.2. The molecule has 10 aromatic carbocycles. The van der Waals surface area contributed by atoms with Gasteiger partial charge in [-0.05, 0) is 107 Å². The Kier molecular flexibility index (Phi) is 7.89. The minimum atomic E-state index is 0.903. The van der Waals surface area contributed by atoms with Crippen molar-refractivity contribution in [2.75, 3.05) is 0 Å². The first kappa shape index (κ1) is 32.9. The molecule has 57 heavy (non-hydrogen) atoms. The summed E-state index contributed by atoms with van der Waals surface area (Å²) in [4.78, 5) is 0. The number of fused-ring (bicyclic) bond motifs is 5. The Bertz CT molecular complexity index is 3090. The fourth-order valence-electron chi connectivity index (χ4n) is 8.84. The van der Waals surface area contributed by atoms with Crippen LogP contribution in [-0.4, -0.2) is 0 Å². The van der Waals surface area contributed by atoms with Crippen LogP contribution in [-0.2, 0) is 0 Å². The van der Waals surface area contributed by atoms with Crippen molar-refractivity contribution in [2.24, 2.45) is 0 Å². The van der Waals surface area contributed by atoms with Crippen LogP contribution in [0.3, 0.4) is 0 Å². The van der Waals surface area contributed by atoms with Crippen molar-refractivity contribution in [1.29, 1.82) is 0 Å². The molecule has 0 atom stereocenters. The van der Waals surface area contributed by atoms with Gasteiger partial charge < -0.3 is 4.42 Å². The number of rotatable bonds is 6. The summed E-state index contributed by atoms with van der Waals surface area (Å²) < 4.78 is 6.27. The Morgan fingerprint density at radius 2 is 0.596 bits per heavy atom. The van der Waals surface area contributed by atoms with E-state index in [1.165, 1.54) is 88.3 Å². The molecule has 0 radical (unpaired) electrons. The van der Waals surface area contributed by atoms with Crippen LogP contribution in [0.25, 0.3) is 110 Å². The van der Waals surface area contributed by atoms with Gasteiger partial charge in [0.2, 0.25) is 0 Å². The second kappa shape index (κ2) is 13.7. The fraction of sp³-hybridized carbons (Fsp3) is 0. The van der Waals surface area contributed by atoms with Crippen LogP contribution in [0, 0.1) is 0 Å². The second-order valence-electron chi connectivity index (χ2n) is 14.8. The maximum Gasteiger partial charge on any atom is 0.135 e. The van der Waals surface area contributed by atoms with E-state index in [0.29, 0.717) is 0 Å². The van der Waals surface area contributed by atoms with Crippen LogP contribution in [0.5, 0.6) is 0 Å². The lowest BCUT2D eigenvalue weighted by atomic mass is 9.80. The molecule has 1 heteroatoms. The molecule has 11 rings (SSSR count). The topological polar surface area (TPSA) is 13.1 Å². The summed E-state index contributed by atoms with van der Waals surface area (Å²) in [6.07, 6.45) is 0. The van der Waals surface area contributed by atoms with Gasteiger partial charge in [-0.1, -0.05) is 200 Å². The molecule has 0 amide bonds. The molecule has 0 bridgehead atoms. The minimum absolute atomic E-state index is 0.903. The Morgan fingerprint density at radius 3 is 1.12 bits per heavy atom. The molecule has 0 aliphatic rings. The minimum Gasteiger partial charge on any atom is -0.456 e. The fourth-order valence-corrected chi connectivity index (χ4v) is 8.84. The third kappa shape index (κ3) is 5.63. The predicted octanol–water partition coefficient (Wildman–Crippen LogP) is 15.9. The van der Waals surface area contributed by atoms with E-state index >= 15 is 0 Å². The van der Waals surface area contributed by atoms with E-state index < -0.39 is 0 Å². The molecule has 1 aromatic heterocycles. The van der Waals surface area contributed by atoms with Crippen LogP contribution in [0.4, 0.5) is 0 Å². The summed E-state index contributed by atoms with van der Waals surface area (Å²) in [6, 6.07) is 79.1. The summed E-state index contributed by atoms with van der Waals surface area (Å²) in [5.41, 5.74) is 16.3. The molecule has 11 aromatic rings. The van der Waals surface area contributed by atoms with Crippen molar-refractivity contribution in [3.8, 4) is 66.8 Å². The summed E-state index contributed by atoms with van der Waals surface area (Å²) in [5, 5.41) is 7.15. The van der Waals surface area contributed by atoms with Crippen LogP contribution in [0.2, 0.25) is 0 Å². The molecule has 1 nitrogen and oxygen atoms in total. The quantitative estimate of drug-likeness (QED) is 0.156. The number of hydrogen-bond donors (Lipinski definition) is 0. The van der Waals surface area contributed by atoms with Gasteiger partial charge in [0, 0.05) is 10.8 Å². The number of benzene rings is 10. The highest BCUT2D eigenvalue weighted by Crippen LogP contribution is 2.50. The number of hydrogen-bond acceptors (Lipinski definition) is 1. The van der Waals surface area contributed by atoms with Gasteiger partial charge in [-0.2, -0.15) is 0 Å². The molecule has 0 saturated carbocycles. The standard InChI is InChI=1S/C56H36O/c1-3-14-37(15-4-1)39-26-30-41(31-27-39)44-23-13-24-45(42-32-28-40(29-33-42)38-16-5-2-6-17-38)55(44)56-49-21-9-7-19-47(49)54(48-20-8-10-22-50(48)56)43-34-35-53-51(36-43)46-18-11-12-25-52(46)57-53/h1-36H. The van der Waals surface area contributed by atoms with Gasteiger partial charge in [-0.25, -0.2) is 0 Å². The zero-order chi connectivity index (χ0) is 37.7. The first-order valence-electron chi connectivity index (χ1n) is 19.6. The lowest BCUT2D eigenvalue weighted by molar-refractivity contribution is 0.669. The molecule has 0 saturated heterocycles. The average Bonchev–Trinajstić information content (AvgIpc) is 3.67. The first-order chi connectivity index (χ1) is 28.3. The average molecular weight is 725 g/mol. The van der Waals surface area contributed by atoms with Crippen LogP contribution in [0.15, 0.2) is 223 Å². The summed E-state index contributed by atoms with van der Waals surface area (Å²) in [6.45, 7) is 0.